The maximum Gasteiger partial charge on any atom is 0.261 e. The topological polar surface area (TPSA) is 76.1 Å². The zero-order valence-electron chi connectivity index (χ0n) is 17.5. The molecule has 0 fully saturated rings. The maximum absolute atomic E-state index is 13.1. The van der Waals surface area contributed by atoms with Gasteiger partial charge in [-0.25, -0.2) is 8.42 Å². The SMILES string of the molecule is Cc1cc(C)c(S(=O)(=O)c2ccc(CNC(=O)c3cc4ccncc4s3)cc2)cc1C. The summed E-state index contributed by atoms with van der Waals surface area (Å²) in [5.41, 5.74) is 3.57. The lowest BCUT2D eigenvalue weighted by atomic mass is 10.1. The van der Waals surface area contributed by atoms with E-state index in [4.69, 9.17) is 0 Å². The molecule has 158 valence electrons. The van der Waals surface area contributed by atoms with Crippen LogP contribution in [0, 0.1) is 20.8 Å². The largest absolute Gasteiger partial charge is 0.347 e. The summed E-state index contributed by atoms with van der Waals surface area (Å²) in [6, 6.07) is 14.0. The van der Waals surface area contributed by atoms with Gasteiger partial charge in [0.1, 0.15) is 0 Å². The standard InChI is InChI=1S/C24H22N2O3S2/c1-15-10-17(3)23(11-16(15)2)31(28,29)20-6-4-18(5-7-20)13-26-24(27)21-12-19-8-9-25-14-22(19)30-21/h4-12,14H,13H2,1-3H3,(H,26,27). The molecule has 0 aliphatic heterocycles. The molecule has 5 nitrogen and oxygen atoms in total. The molecule has 0 unspecified atom stereocenters. The van der Waals surface area contributed by atoms with E-state index < -0.39 is 9.84 Å². The number of aryl methyl sites for hydroxylation is 3. The van der Waals surface area contributed by atoms with E-state index in [1.54, 1.807) is 42.7 Å². The normalized spacial score (nSPS) is 11.6. The van der Waals surface area contributed by atoms with Gasteiger partial charge in [-0.3, -0.25) is 9.78 Å². The van der Waals surface area contributed by atoms with Crippen LogP contribution in [-0.4, -0.2) is 19.3 Å². The third-order valence-corrected chi connectivity index (χ3v) is 8.31. The summed E-state index contributed by atoms with van der Waals surface area (Å²) in [7, 11) is -3.61. The second kappa shape index (κ2) is 8.24. The summed E-state index contributed by atoms with van der Waals surface area (Å²) >= 11 is 1.39. The van der Waals surface area contributed by atoms with E-state index in [-0.39, 0.29) is 10.8 Å². The molecule has 0 atom stereocenters. The van der Waals surface area contributed by atoms with Gasteiger partial charge in [0.05, 0.1) is 19.4 Å². The van der Waals surface area contributed by atoms with E-state index in [1.807, 2.05) is 39.0 Å². The van der Waals surface area contributed by atoms with Crippen LogP contribution in [0.2, 0.25) is 0 Å². The van der Waals surface area contributed by atoms with Crippen molar-refractivity contribution >= 4 is 37.2 Å². The van der Waals surface area contributed by atoms with Crippen LogP contribution in [0.4, 0.5) is 0 Å². The number of hydrogen-bond acceptors (Lipinski definition) is 5. The maximum atomic E-state index is 13.1. The number of sulfone groups is 1. The second-order valence-corrected chi connectivity index (χ2v) is 10.6. The van der Waals surface area contributed by atoms with Crippen molar-refractivity contribution in [3.05, 3.63) is 88.1 Å². The lowest BCUT2D eigenvalue weighted by Crippen LogP contribution is -2.21. The van der Waals surface area contributed by atoms with Crippen molar-refractivity contribution in [3.8, 4) is 0 Å². The first-order valence-corrected chi connectivity index (χ1v) is 12.1. The Labute approximate surface area is 185 Å². The van der Waals surface area contributed by atoms with Crippen molar-refractivity contribution in [2.75, 3.05) is 0 Å². The average molecular weight is 451 g/mol. The number of fused-ring (bicyclic) bond motifs is 1. The van der Waals surface area contributed by atoms with Crippen LogP contribution in [0.1, 0.15) is 31.9 Å². The smallest absolute Gasteiger partial charge is 0.261 e. The number of carbonyl (C=O) groups excluding carboxylic acids is 1. The van der Waals surface area contributed by atoms with Crippen molar-refractivity contribution in [3.63, 3.8) is 0 Å². The number of aromatic nitrogens is 1. The zero-order valence-corrected chi connectivity index (χ0v) is 19.1. The fraction of sp³-hybridized carbons (Fsp3) is 0.167. The summed E-state index contributed by atoms with van der Waals surface area (Å²) in [6.45, 7) is 6.01. The minimum Gasteiger partial charge on any atom is -0.347 e. The highest BCUT2D eigenvalue weighted by molar-refractivity contribution is 7.91. The Morgan fingerprint density at radius 1 is 0.968 bits per heavy atom. The Kier molecular flexibility index (Phi) is 5.64. The van der Waals surface area contributed by atoms with Gasteiger partial charge in [-0.15, -0.1) is 11.3 Å². The number of thiophene rings is 1. The molecule has 4 rings (SSSR count). The molecule has 0 saturated carbocycles. The predicted octanol–water partition coefficient (Wildman–Crippen LogP) is 4.98. The fourth-order valence-electron chi connectivity index (χ4n) is 3.40. The predicted molar refractivity (Wildman–Crippen MR) is 123 cm³/mol. The van der Waals surface area contributed by atoms with Crippen LogP contribution in [0.5, 0.6) is 0 Å². The molecule has 2 aromatic carbocycles. The molecule has 31 heavy (non-hydrogen) atoms. The molecule has 0 saturated heterocycles. The molecular formula is C24H22N2O3S2. The number of rotatable bonds is 5. The fourth-order valence-corrected chi connectivity index (χ4v) is 5.91. The van der Waals surface area contributed by atoms with Crippen LogP contribution in [0.25, 0.3) is 10.1 Å². The van der Waals surface area contributed by atoms with Gasteiger partial charge < -0.3 is 5.32 Å². The van der Waals surface area contributed by atoms with Gasteiger partial charge >= 0.3 is 0 Å². The first-order valence-electron chi connectivity index (χ1n) is 9.79. The number of carbonyl (C=O) groups is 1. The van der Waals surface area contributed by atoms with Crippen LogP contribution in [0.3, 0.4) is 0 Å². The number of pyridine rings is 1. The summed E-state index contributed by atoms with van der Waals surface area (Å²) < 4.78 is 27.1. The van der Waals surface area contributed by atoms with Crippen molar-refractivity contribution in [2.45, 2.75) is 37.1 Å². The van der Waals surface area contributed by atoms with E-state index in [9.17, 15) is 13.2 Å². The minimum atomic E-state index is -3.61. The van der Waals surface area contributed by atoms with Crippen LogP contribution < -0.4 is 5.32 Å². The zero-order chi connectivity index (χ0) is 22.2. The van der Waals surface area contributed by atoms with E-state index in [0.717, 1.165) is 32.3 Å². The Hall–Kier alpha value is -3.03. The average Bonchev–Trinajstić information content (AvgIpc) is 3.19. The minimum absolute atomic E-state index is 0.163. The van der Waals surface area contributed by atoms with Gasteiger partial charge in [0.2, 0.25) is 9.84 Å². The summed E-state index contributed by atoms with van der Waals surface area (Å²) in [5, 5.41) is 3.88. The Morgan fingerprint density at radius 2 is 1.68 bits per heavy atom. The van der Waals surface area contributed by atoms with Crippen LogP contribution in [0.15, 0.2) is 70.7 Å². The highest BCUT2D eigenvalue weighted by Gasteiger charge is 2.20. The first kappa shape index (κ1) is 21.2. The number of nitrogens with one attached hydrogen (secondary N) is 1. The van der Waals surface area contributed by atoms with Gasteiger partial charge in [0.15, 0.2) is 0 Å². The molecule has 0 aliphatic rings. The number of amides is 1. The number of benzene rings is 2. The molecule has 0 bridgehead atoms. The van der Waals surface area contributed by atoms with Gasteiger partial charge in [-0.05, 0) is 78.7 Å². The highest BCUT2D eigenvalue weighted by Crippen LogP contribution is 2.27. The Balaban J connectivity index is 1.49. The van der Waals surface area contributed by atoms with Crippen molar-refractivity contribution < 1.29 is 13.2 Å². The van der Waals surface area contributed by atoms with Gasteiger partial charge in [0, 0.05) is 18.9 Å². The number of nitrogens with zero attached hydrogens (tertiary/aromatic N) is 1. The Morgan fingerprint density at radius 3 is 2.39 bits per heavy atom. The first-order chi connectivity index (χ1) is 14.8. The lowest BCUT2D eigenvalue weighted by Gasteiger charge is -2.11. The molecule has 0 radical (unpaired) electrons. The van der Waals surface area contributed by atoms with E-state index in [1.165, 1.54) is 11.3 Å². The monoisotopic (exact) mass is 450 g/mol. The van der Waals surface area contributed by atoms with Gasteiger partial charge in [-0.1, -0.05) is 18.2 Å². The van der Waals surface area contributed by atoms with E-state index in [2.05, 4.69) is 10.3 Å². The van der Waals surface area contributed by atoms with Crippen molar-refractivity contribution in [1.82, 2.24) is 10.3 Å². The molecule has 0 aliphatic carbocycles. The molecular weight excluding hydrogens is 428 g/mol. The third kappa shape index (κ3) is 4.24. The molecule has 4 aromatic rings. The lowest BCUT2D eigenvalue weighted by molar-refractivity contribution is 0.0955. The molecule has 2 aromatic heterocycles. The summed E-state index contributed by atoms with van der Waals surface area (Å²) in [5.74, 6) is -0.163. The summed E-state index contributed by atoms with van der Waals surface area (Å²) in [4.78, 5) is 17.7. The van der Waals surface area contributed by atoms with Gasteiger partial charge in [-0.2, -0.15) is 0 Å². The molecule has 2 heterocycles. The summed E-state index contributed by atoms with van der Waals surface area (Å²) in [6.07, 6.45) is 3.44. The molecule has 0 spiro atoms. The van der Waals surface area contributed by atoms with E-state index >= 15 is 0 Å². The van der Waals surface area contributed by atoms with E-state index in [0.29, 0.717) is 16.3 Å². The highest BCUT2D eigenvalue weighted by atomic mass is 32.2. The van der Waals surface area contributed by atoms with Crippen LogP contribution in [-0.2, 0) is 16.4 Å². The van der Waals surface area contributed by atoms with Gasteiger partial charge in [0.25, 0.3) is 5.91 Å². The molecule has 1 amide bonds. The Bertz CT molecular complexity index is 1360. The second-order valence-electron chi connectivity index (χ2n) is 7.56. The van der Waals surface area contributed by atoms with Crippen molar-refractivity contribution in [1.29, 1.82) is 0 Å². The van der Waals surface area contributed by atoms with Crippen molar-refractivity contribution in [2.24, 2.45) is 0 Å². The molecule has 7 heteroatoms. The quantitative estimate of drug-likeness (QED) is 0.465. The van der Waals surface area contributed by atoms with Crippen LogP contribution >= 0.6 is 11.3 Å². The third-order valence-electron chi connectivity index (χ3n) is 5.31. The number of hydrogen-bond donors (Lipinski definition) is 1. The molecule has 1 N–H and O–H groups in total.